The summed E-state index contributed by atoms with van der Waals surface area (Å²) in [5.41, 5.74) is 8.94. The van der Waals surface area contributed by atoms with Gasteiger partial charge in [0, 0.05) is 61.9 Å². The van der Waals surface area contributed by atoms with E-state index in [1.54, 1.807) is 0 Å². The van der Waals surface area contributed by atoms with Crippen molar-refractivity contribution in [3.05, 3.63) is 144 Å². The highest BCUT2D eigenvalue weighted by Crippen LogP contribution is 2.13. The quantitative estimate of drug-likeness (QED) is 0.0914. The zero-order chi connectivity index (χ0) is 31.4. The number of nitrogens with one attached hydrogen (secondary N) is 1. The molecule has 0 aliphatic rings. The molecule has 0 bridgehead atoms. The molecule has 0 heterocycles. The minimum atomic E-state index is 0.692. The second-order valence-electron chi connectivity index (χ2n) is 10.9. The first-order valence-electron chi connectivity index (χ1n) is 16.3. The van der Waals surface area contributed by atoms with Crippen molar-refractivity contribution in [2.24, 2.45) is 20.0 Å². The van der Waals surface area contributed by atoms with Crippen molar-refractivity contribution in [1.82, 2.24) is 5.32 Å². The van der Waals surface area contributed by atoms with Gasteiger partial charge in [0.2, 0.25) is 0 Å². The third-order valence-electron chi connectivity index (χ3n) is 7.33. The first kappa shape index (κ1) is 33.4. The third kappa shape index (κ3) is 11.5. The molecule has 1 N–H and O–H groups in total. The maximum Gasteiger partial charge on any atom is 0.0517 e. The molecule has 0 unspecified atom stereocenters. The topological polar surface area (TPSA) is 61.5 Å². The number of aliphatic imine (C=N–C) groups is 4. The number of hydrogen-bond donors (Lipinski definition) is 1. The largest absolute Gasteiger partial charge is 0.313 e. The van der Waals surface area contributed by atoms with Crippen molar-refractivity contribution in [1.29, 1.82) is 0 Å². The Morgan fingerprint density at radius 2 is 0.667 bits per heavy atom. The first-order valence-corrected chi connectivity index (χ1v) is 16.3. The van der Waals surface area contributed by atoms with Crippen LogP contribution < -0.4 is 5.32 Å². The Balaban J connectivity index is 1.41. The second kappa shape index (κ2) is 19.7. The van der Waals surface area contributed by atoms with E-state index in [-0.39, 0.29) is 0 Å². The van der Waals surface area contributed by atoms with Crippen LogP contribution in [0.25, 0.3) is 0 Å². The molecule has 0 aliphatic heterocycles. The molecule has 4 aromatic rings. The lowest BCUT2D eigenvalue weighted by molar-refractivity contribution is 0.697. The molecule has 5 nitrogen and oxygen atoms in total. The van der Waals surface area contributed by atoms with Gasteiger partial charge in [0.1, 0.15) is 0 Å². The van der Waals surface area contributed by atoms with Crippen LogP contribution in [0, 0.1) is 0 Å². The van der Waals surface area contributed by atoms with Crippen LogP contribution in [0.5, 0.6) is 0 Å². The molecular weight excluding hydrogens is 550 g/mol. The van der Waals surface area contributed by atoms with Crippen molar-refractivity contribution in [2.45, 2.75) is 39.5 Å². The fourth-order valence-corrected chi connectivity index (χ4v) is 4.99. The highest BCUT2D eigenvalue weighted by Gasteiger charge is 2.12. The Bertz CT molecular complexity index is 1390. The average Bonchev–Trinajstić information content (AvgIpc) is 3.11. The Labute approximate surface area is 270 Å². The molecule has 0 amide bonds. The van der Waals surface area contributed by atoms with Crippen LogP contribution in [0.15, 0.2) is 141 Å². The minimum Gasteiger partial charge on any atom is -0.313 e. The predicted molar refractivity (Wildman–Crippen MR) is 194 cm³/mol. The fraction of sp³-hybridized carbons (Fsp3) is 0.300. The van der Waals surface area contributed by atoms with Gasteiger partial charge in [-0.2, -0.15) is 0 Å². The molecule has 45 heavy (non-hydrogen) atoms. The van der Waals surface area contributed by atoms with Crippen LogP contribution in [0.1, 0.15) is 61.8 Å². The molecule has 0 aliphatic carbocycles. The maximum absolute atomic E-state index is 5.07. The van der Waals surface area contributed by atoms with E-state index in [1.807, 2.05) is 12.1 Å². The van der Waals surface area contributed by atoms with Crippen molar-refractivity contribution in [3.8, 4) is 0 Å². The summed E-state index contributed by atoms with van der Waals surface area (Å²) >= 11 is 0. The molecule has 0 saturated carbocycles. The summed E-state index contributed by atoms with van der Waals surface area (Å²) in [6, 6.07) is 41.9. The van der Waals surface area contributed by atoms with E-state index in [0.717, 1.165) is 84.1 Å². The van der Waals surface area contributed by atoms with Gasteiger partial charge in [0.05, 0.1) is 13.1 Å². The van der Waals surface area contributed by atoms with Gasteiger partial charge in [-0.3, -0.25) is 20.0 Å². The highest BCUT2D eigenvalue weighted by atomic mass is 14.9. The van der Waals surface area contributed by atoms with Crippen molar-refractivity contribution in [3.63, 3.8) is 0 Å². The standard InChI is InChI=1S/C40H47N5/c1-3-25-42-37(33-17-9-5-10-18-33)31-39(35-21-13-7-14-22-35)44-29-27-41-28-30-45-40(36-23-15-8-16-24-36)32-38(43-26-4-2)34-19-11-6-12-20-34/h5-24,41H,3-4,25-32H2,1-2H3. The van der Waals surface area contributed by atoms with Gasteiger partial charge < -0.3 is 5.32 Å². The van der Waals surface area contributed by atoms with Gasteiger partial charge >= 0.3 is 0 Å². The first-order chi connectivity index (χ1) is 22.3. The Kier molecular flexibility index (Phi) is 14.6. The fourth-order valence-electron chi connectivity index (χ4n) is 4.99. The molecule has 0 atom stereocenters. The molecule has 232 valence electrons. The summed E-state index contributed by atoms with van der Waals surface area (Å²) in [5, 5.41) is 3.56. The van der Waals surface area contributed by atoms with Gasteiger partial charge in [-0.15, -0.1) is 0 Å². The maximum atomic E-state index is 5.07. The van der Waals surface area contributed by atoms with Crippen LogP contribution in [0.3, 0.4) is 0 Å². The van der Waals surface area contributed by atoms with Gasteiger partial charge in [0.15, 0.2) is 0 Å². The Morgan fingerprint density at radius 1 is 0.400 bits per heavy atom. The molecule has 0 saturated heterocycles. The van der Waals surface area contributed by atoms with Gasteiger partial charge in [-0.25, -0.2) is 0 Å². The van der Waals surface area contributed by atoms with Crippen molar-refractivity contribution >= 4 is 22.8 Å². The van der Waals surface area contributed by atoms with Crippen LogP contribution in [-0.2, 0) is 0 Å². The molecular formula is C40H47N5. The summed E-state index contributed by atoms with van der Waals surface area (Å²) in [7, 11) is 0. The average molecular weight is 598 g/mol. The Hall–Kier alpha value is -4.48. The zero-order valence-corrected chi connectivity index (χ0v) is 26.9. The highest BCUT2D eigenvalue weighted by molar-refractivity contribution is 6.18. The van der Waals surface area contributed by atoms with Crippen molar-refractivity contribution in [2.75, 3.05) is 39.3 Å². The molecule has 0 spiro atoms. The molecule has 4 aromatic carbocycles. The van der Waals surface area contributed by atoms with Crippen LogP contribution in [-0.4, -0.2) is 62.1 Å². The molecule has 0 radical (unpaired) electrons. The Morgan fingerprint density at radius 3 is 0.933 bits per heavy atom. The van der Waals surface area contributed by atoms with Gasteiger partial charge in [-0.05, 0) is 35.1 Å². The predicted octanol–water partition coefficient (Wildman–Crippen LogP) is 8.13. The van der Waals surface area contributed by atoms with Gasteiger partial charge in [0.25, 0.3) is 0 Å². The number of benzene rings is 4. The lowest BCUT2D eigenvalue weighted by Gasteiger charge is -2.12. The van der Waals surface area contributed by atoms with Crippen LogP contribution >= 0.6 is 0 Å². The van der Waals surface area contributed by atoms with E-state index >= 15 is 0 Å². The number of rotatable bonds is 18. The normalized spacial score (nSPS) is 12.8. The second-order valence-corrected chi connectivity index (χ2v) is 10.9. The summed E-state index contributed by atoms with van der Waals surface area (Å²) in [6.07, 6.45) is 3.46. The van der Waals surface area contributed by atoms with E-state index in [2.05, 4.69) is 128 Å². The molecule has 4 rings (SSSR count). The lowest BCUT2D eigenvalue weighted by atomic mass is 9.99. The SMILES string of the molecule is CCCN=C(CC(=NCCNCCN=C(CC(=NCCC)c1ccccc1)c1ccccc1)c1ccccc1)c1ccccc1. The summed E-state index contributed by atoms with van der Waals surface area (Å²) in [4.78, 5) is 20.0. The number of nitrogens with zero attached hydrogens (tertiary/aromatic N) is 4. The molecule has 0 fully saturated rings. The van der Waals surface area contributed by atoms with E-state index in [1.165, 1.54) is 0 Å². The van der Waals surface area contributed by atoms with E-state index < -0.39 is 0 Å². The minimum absolute atomic E-state index is 0.692. The van der Waals surface area contributed by atoms with E-state index in [0.29, 0.717) is 25.9 Å². The van der Waals surface area contributed by atoms with Crippen molar-refractivity contribution < 1.29 is 0 Å². The zero-order valence-electron chi connectivity index (χ0n) is 26.9. The van der Waals surface area contributed by atoms with Gasteiger partial charge in [-0.1, -0.05) is 135 Å². The third-order valence-corrected chi connectivity index (χ3v) is 7.33. The lowest BCUT2D eigenvalue weighted by Crippen LogP contribution is -2.23. The summed E-state index contributed by atoms with van der Waals surface area (Å²) in [6.45, 7) is 8.92. The van der Waals surface area contributed by atoms with Crippen LogP contribution in [0.2, 0.25) is 0 Å². The van der Waals surface area contributed by atoms with Crippen LogP contribution in [0.4, 0.5) is 0 Å². The summed E-state index contributed by atoms with van der Waals surface area (Å²) in [5.74, 6) is 0. The van der Waals surface area contributed by atoms with E-state index in [9.17, 15) is 0 Å². The molecule has 5 heteroatoms. The monoisotopic (exact) mass is 597 g/mol. The smallest absolute Gasteiger partial charge is 0.0517 e. The number of hydrogen-bond acceptors (Lipinski definition) is 5. The summed E-state index contributed by atoms with van der Waals surface area (Å²) < 4.78 is 0. The molecule has 0 aromatic heterocycles. The van der Waals surface area contributed by atoms with E-state index in [4.69, 9.17) is 20.0 Å².